The van der Waals surface area contributed by atoms with Crippen molar-refractivity contribution in [3.8, 4) is 17.5 Å². The molecule has 10 heteroatoms. The number of aromatic nitrogens is 5. The number of aromatic amines is 1. The summed E-state index contributed by atoms with van der Waals surface area (Å²) in [5.41, 5.74) is 3.04. The van der Waals surface area contributed by atoms with Gasteiger partial charge in [-0.15, -0.1) is 0 Å². The molecule has 0 saturated carbocycles. The van der Waals surface area contributed by atoms with Crippen LogP contribution >= 0.6 is 0 Å². The molecule has 0 aliphatic rings. The average molecular weight is 500 g/mol. The van der Waals surface area contributed by atoms with E-state index in [-0.39, 0.29) is 16.9 Å². The first-order valence-electron chi connectivity index (χ1n) is 11.1. The Hall–Kier alpha value is -4.91. The number of fused-ring (bicyclic) bond motifs is 1. The highest BCUT2D eigenvalue weighted by Gasteiger charge is 2.31. The standard InChI is InChI=1S/C27H19F3N6O/c1-16-3-5-20(8-19(16)6-4-18-7-21-13-33-35-25(21)31-12-18)26(37)34-23-9-22(27(28,29)30)10-24(11-23)36-14-17(2)32-15-36/h3,5,7-15H,1-2H3,(H,34,37)(H,31,33,35). The number of H-pyrrole nitrogens is 1. The van der Waals surface area contributed by atoms with Crippen LogP contribution in [0, 0.1) is 25.7 Å². The van der Waals surface area contributed by atoms with Gasteiger partial charge < -0.3 is 9.88 Å². The molecule has 2 aromatic carbocycles. The molecule has 0 spiro atoms. The number of aryl methyl sites for hydroxylation is 2. The summed E-state index contributed by atoms with van der Waals surface area (Å²) >= 11 is 0. The summed E-state index contributed by atoms with van der Waals surface area (Å²) < 4.78 is 42.1. The first-order valence-corrected chi connectivity index (χ1v) is 11.1. The molecule has 2 N–H and O–H groups in total. The smallest absolute Gasteiger partial charge is 0.322 e. The van der Waals surface area contributed by atoms with Crippen molar-refractivity contribution in [2.45, 2.75) is 20.0 Å². The zero-order chi connectivity index (χ0) is 26.2. The molecule has 0 aliphatic carbocycles. The quantitative estimate of drug-likeness (QED) is 0.323. The lowest BCUT2D eigenvalue weighted by Crippen LogP contribution is -2.14. The summed E-state index contributed by atoms with van der Waals surface area (Å²) in [6, 6.07) is 10.2. The minimum absolute atomic E-state index is 0.00822. The van der Waals surface area contributed by atoms with E-state index in [0.717, 1.165) is 23.1 Å². The number of carbonyl (C=O) groups is 1. The van der Waals surface area contributed by atoms with E-state index in [1.807, 2.05) is 13.0 Å². The largest absolute Gasteiger partial charge is 0.416 e. The molecule has 5 aromatic rings. The number of hydrogen-bond donors (Lipinski definition) is 2. The lowest BCUT2D eigenvalue weighted by atomic mass is 10.0. The highest BCUT2D eigenvalue weighted by molar-refractivity contribution is 6.04. The molecule has 184 valence electrons. The van der Waals surface area contributed by atoms with E-state index in [0.29, 0.717) is 22.5 Å². The summed E-state index contributed by atoms with van der Waals surface area (Å²) in [5, 5.41) is 10.1. The Morgan fingerprint density at radius 3 is 2.62 bits per heavy atom. The van der Waals surface area contributed by atoms with E-state index in [2.05, 4.69) is 37.3 Å². The number of amides is 1. The predicted octanol–water partition coefficient (Wildman–Crippen LogP) is 5.43. The van der Waals surface area contributed by atoms with Crippen molar-refractivity contribution >= 4 is 22.6 Å². The van der Waals surface area contributed by atoms with Crippen molar-refractivity contribution in [3.05, 3.63) is 101 Å². The normalized spacial score (nSPS) is 11.3. The van der Waals surface area contributed by atoms with Crippen LogP contribution in [0.3, 0.4) is 0 Å². The van der Waals surface area contributed by atoms with Gasteiger partial charge in [-0.05, 0) is 55.8 Å². The van der Waals surface area contributed by atoms with E-state index in [1.165, 1.54) is 17.0 Å². The maximum absolute atomic E-state index is 13.6. The highest BCUT2D eigenvalue weighted by atomic mass is 19.4. The van der Waals surface area contributed by atoms with Crippen molar-refractivity contribution in [2.75, 3.05) is 5.32 Å². The molecule has 3 heterocycles. The van der Waals surface area contributed by atoms with Crippen LogP contribution in [0.15, 0.2) is 67.4 Å². The number of rotatable bonds is 3. The summed E-state index contributed by atoms with van der Waals surface area (Å²) in [4.78, 5) is 21.3. The third-order valence-electron chi connectivity index (χ3n) is 5.65. The summed E-state index contributed by atoms with van der Waals surface area (Å²) in [6.45, 7) is 3.59. The fourth-order valence-electron chi connectivity index (χ4n) is 3.70. The maximum atomic E-state index is 13.6. The molecule has 0 unspecified atom stereocenters. The van der Waals surface area contributed by atoms with Crippen molar-refractivity contribution in [1.82, 2.24) is 24.7 Å². The van der Waals surface area contributed by atoms with E-state index in [4.69, 9.17) is 0 Å². The van der Waals surface area contributed by atoms with E-state index in [9.17, 15) is 18.0 Å². The molecule has 37 heavy (non-hydrogen) atoms. The Morgan fingerprint density at radius 2 is 1.86 bits per heavy atom. The van der Waals surface area contributed by atoms with Crippen molar-refractivity contribution in [2.24, 2.45) is 0 Å². The van der Waals surface area contributed by atoms with Crippen LogP contribution in [-0.2, 0) is 6.18 Å². The molecule has 0 atom stereocenters. The van der Waals surface area contributed by atoms with Crippen LogP contribution in [0.2, 0.25) is 0 Å². The van der Waals surface area contributed by atoms with Gasteiger partial charge in [0.1, 0.15) is 0 Å². The van der Waals surface area contributed by atoms with Gasteiger partial charge in [-0.1, -0.05) is 17.9 Å². The SMILES string of the molecule is Cc1cn(-c2cc(NC(=O)c3ccc(C)c(C#Cc4cnc5[nH]ncc5c4)c3)cc(C(F)(F)F)c2)cn1. The average Bonchev–Trinajstić information content (AvgIpc) is 3.51. The van der Waals surface area contributed by atoms with Crippen molar-refractivity contribution in [1.29, 1.82) is 0 Å². The van der Waals surface area contributed by atoms with Crippen molar-refractivity contribution < 1.29 is 18.0 Å². The van der Waals surface area contributed by atoms with Gasteiger partial charge in [0.05, 0.1) is 23.8 Å². The molecule has 5 rings (SSSR count). The number of nitrogens with zero attached hydrogens (tertiary/aromatic N) is 4. The van der Waals surface area contributed by atoms with Gasteiger partial charge >= 0.3 is 6.18 Å². The Morgan fingerprint density at radius 1 is 1.03 bits per heavy atom. The van der Waals surface area contributed by atoms with Gasteiger partial charge in [-0.2, -0.15) is 18.3 Å². The molecule has 0 saturated heterocycles. The number of hydrogen-bond acceptors (Lipinski definition) is 4. The first kappa shape index (κ1) is 23.8. The zero-order valence-electron chi connectivity index (χ0n) is 19.7. The number of benzene rings is 2. The Balaban J connectivity index is 1.43. The lowest BCUT2D eigenvalue weighted by molar-refractivity contribution is -0.137. The van der Waals surface area contributed by atoms with Gasteiger partial charge in [0.25, 0.3) is 5.91 Å². The number of alkyl halides is 3. The van der Waals surface area contributed by atoms with Gasteiger partial charge in [-0.3, -0.25) is 9.89 Å². The maximum Gasteiger partial charge on any atom is 0.416 e. The minimum atomic E-state index is -4.59. The number of nitrogens with one attached hydrogen (secondary N) is 2. The van der Waals surface area contributed by atoms with Crippen molar-refractivity contribution in [3.63, 3.8) is 0 Å². The summed E-state index contributed by atoms with van der Waals surface area (Å²) in [5.74, 6) is 5.52. The number of carbonyl (C=O) groups excluding carboxylic acids is 1. The fourth-order valence-corrected chi connectivity index (χ4v) is 3.70. The molecule has 7 nitrogen and oxygen atoms in total. The lowest BCUT2D eigenvalue weighted by Gasteiger charge is -2.14. The molecule has 0 fully saturated rings. The number of halogens is 3. The zero-order valence-corrected chi connectivity index (χ0v) is 19.7. The summed E-state index contributed by atoms with van der Waals surface area (Å²) in [7, 11) is 0. The Labute approximate surface area is 209 Å². The Kier molecular flexibility index (Phi) is 5.97. The van der Waals surface area contributed by atoms with Gasteiger partial charge in [0, 0.05) is 45.8 Å². The summed E-state index contributed by atoms with van der Waals surface area (Å²) in [6.07, 6.45) is 1.70. The monoisotopic (exact) mass is 500 g/mol. The second-order valence-corrected chi connectivity index (χ2v) is 8.45. The third-order valence-corrected chi connectivity index (χ3v) is 5.65. The first-order chi connectivity index (χ1) is 17.7. The highest BCUT2D eigenvalue weighted by Crippen LogP contribution is 2.33. The van der Waals surface area contributed by atoms with E-state index in [1.54, 1.807) is 43.7 Å². The molecule has 1 amide bonds. The minimum Gasteiger partial charge on any atom is -0.322 e. The van der Waals surface area contributed by atoms with Gasteiger partial charge in [0.2, 0.25) is 0 Å². The topological polar surface area (TPSA) is 88.5 Å². The van der Waals surface area contributed by atoms with Gasteiger partial charge in [-0.25, -0.2) is 9.97 Å². The van der Waals surface area contributed by atoms with Crippen LogP contribution in [0.4, 0.5) is 18.9 Å². The number of imidazole rings is 1. The molecule has 0 aliphatic heterocycles. The molecular weight excluding hydrogens is 481 g/mol. The number of anilines is 1. The molecular formula is C27H19F3N6O. The predicted molar refractivity (Wildman–Crippen MR) is 132 cm³/mol. The van der Waals surface area contributed by atoms with Crippen LogP contribution < -0.4 is 5.32 Å². The third kappa shape index (κ3) is 5.21. The van der Waals surface area contributed by atoms with Crippen LogP contribution in [0.1, 0.15) is 38.3 Å². The van der Waals surface area contributed by atoms with Crippen LogP contribution in [-0.4, -0.2) is 30.6 Å². The van der Waals surface area contributed by atoms with Gasteiger partial charge in [0.15, 0.2) is 5.65 Å². The van der Waals surface area contributed by atoms with Crippen LogP contribution in [0.5, 0.6) is 0 Å². The molecule has 0 radical (unpaired) electrons. The second-order valence-electron chi connectivity index (χ2n) is 8.45. The van der Waals surface area contributed by atoms with E-state index < -0.39 is 17.6 Å². The van der Waals surface area contributed by atoms with E-state index >= 15 is 0 Å². The Bertz CT molecular complexity index is 1700. The molecule has 3 aromatic heterocycles. The number of pyridine rings is 1. The fraction of sp³-hybridized carbons (Fsp3) is 0.111. The second kappa shape index (κ2) is 9.28. The molecule has 0 bridgehead atoms. The van der Waals surface area contributed by atoms with Crippen LogP contribution in [0.25, 0.3) is 16.7 Å².